The molecule has 24 heavy (non-hydrogen) atoms. The summed E-state index contributed by atoms with van der Waals surface area (Å²) >= 11 is 2.81. The van der Waals surface area contributed by atoms with E-state index in [1.54, 1.807) is 23.3 Å². The van der Waals surface area contributed by atoms with Gasteiger partial charge < -0.3 is 9.88 Å². The highest BCUT2D eigenvalue weighted by Gasteiger charge is 2.20. The first kappa shape index (κ1) is 16.7. The Morgan fingerprint density at radius 2 is 2.17 bits per heavy atom. The first-order valence-electron chi connectivity index (χ1n) is 7.34. The molecule has 0 aliphatic carbocycles. The molecule has 1 atom stereocenters. The lowest BCUT2D eigenvalue weighted by Gasteiger charge is -2.23. The van der Waals surface area contributed by atoms with Crippen LogP contribution in [0, 0.1) is 0 Å². The Morgan fingerprint density at radius 1 is 1.38 bits per heavy atom. The first-order chi connectivity index (χ1) is 11.5. The summed E-state index contributed by atoms with van der Waals surface area (Å²) < 4.78 is 1.11. The number of hydrogen-bond donors (Lipinski definition) is 1. The molecule has 1 amide bonds. The van der Waals surface area contributed by atoms with Crippen molar-refractivity contribution in [1.82, 2.24) is 19.9 Å². The molecular formula is C16H16N4O2S2. The van der Waals surface area contributed by atoms with Crippen LogP contribution in [0.15, 0.2) is 46.5 Å². The number of aromatic amines is 1. The molecule has 0 aliphatic rings. The number of fused-ring (bicyclic) bond motifs is 1. The third-order valence-corrected chi connectivity index (χ3v) is 5.70. The number of hydrogen-bond acceptors (Lipinski definition) is 6. The van der Waals surface area contributed by atoms with Gasteiger partial charge in [-0.15, -0.1) is 11.3 Å². The van der Waals surface area contributed by atoms with Crippen molar-refractivity contribution in [2.45, 2.75) is 18.1 Å². The number of rotatable bonds is 5. The minimum atomic E-state index is -0.226. The third kappa shape index (κ3) is 3.65. The standard InChI is InChI=1S/C16H16N4O2S2/c1-10(15-18-11-5-3-4-6-12(11)24-15)20(2)14(22)9-23-16-17-8-7-13(21)19-16/h3-8,10H,9H2,1-2H3,(H,17,19,21)/t10-/m1/s1. The lowest BCUT2D eigenvalue weighted by atomic mass is 10.3. The lowest BCUT2D eigenvalue weighted by Crippen LogP contribution is -2.31. The fraction of sp³-hybridized carbons (Fsp3) is 0.250. The van der Waals surface area contributed by atoms with Crippen molar-refractivity contribution in [1.29, 1.82) is 0 Å². The van der Waals surface area contributed by atoms with Crippen molar-refractivity contribution < 1.29 is 4.79 Å². The topological polar surface area (TPSA) is 79.0 Å². The third-order valence-electron chi connectivity index (χ3n) is 3.62. The van der Waals surface area contributed by atoms with Crippen molar-refractivity contribution >= 4 is 39.2 Å². The van der Waals surface area contributed by atoms with Crippen LogP contribution in [-0.4, -0.2) is 38.6 Å². The van der Waals surface area contributed by atoms with Crippen LogP contribution in [0.5, 0.6) is 0 Å². The second-order valence-electron chi connectivity index (χ2n) is 5.23. The molecule has 3 rings (SSSR count). The molecule has 3 aromatic rings. The number of thioether (sulfide) groups is 1. The Morgan fingerprint density at radius 3 is 2.92 bits per heavy atom. The molecule has 0 saturated heterocycles. The van der Waals surface area contributed by atoms with Gasteiger partial charge in [-0.1, -0.05) is 23.9 Å². The highest BCUT2D eigenvalue weighted by molar-refractivity contribution is 7.99. The predicted octanol–water partition coefficient (Wildman–Crippen LogP) is 2.69. The van der Waals surface area contributed by atoms with Gasteiger partial charge in [-0.3, -0.25) is 9.59 Å². The van der Waals surface area contributed by atoms with E-state index in [0.29, 0.717) is 5.16 Å². The quantitative estimate of drug-likeness (QED) is 0.559. The van der Waals surface area contributed by atoms with Gasteiger partial charge in [0.25, 0.3) is 5.56 Å². The van der Waals surface area contributed by atoms with E-state index in [9.17, 15) is 9.59 Å². The molecule has 0 aliphatic heterocycles. The van der Waals surface area contributed by atoms with E-state index < -0.39 is 0 Å². The zero-order chi connectivity index (χ0) is 17.1. The second kappa shape index (κ2) is 7.14. The van der Waals surface area contributed by atoms with Crippen molar-refractivity contribution in [2.75, 3.05) is 12.8 Å². The number of nitrogens with zero attached hydrogens (tertiary/aromatic N) is 3. The van der Waals surface area contributed by atoms with Crippen LogP contribution in [-0.2, 0) is 4.79 Å². The van der Waals surface area contributed by atoms with E-state index in [1.807, 2.05) is 31.2 Å². The highest BCUT2D eigenvalue weighted by Crippen LogP contribution is 2.29. The van der Waals surface area contributed by atoms with Crippen LogP contribution >= 0.6 is 23.1 Å². The molecule has 0 fully saturated rings. The number of H-pyrrole nitrogens is 1. The number of nitrogens with one attached hydrogen (secondary N) is 1. The molecule has 0 radical (unpaired) electrons. The Bertz CT molecular complexity index is 888. The maximum absolute atomic E-state index is 12.4. The maximum Gasteiger partial charge on any atom is 0.251 e. The molecule has 0 bridgehead atoms. The Balaban J connectivity index is 1.67. The van der Waals surface area contributed by atoms with E-state index >= 15 is 0 Å². The summed E-state index contributed by atoms with van der Waals surface area (Å²) in [5, 5.41) is 1.35. The predicted molar refractivity (Wildman–Crippen MR) is 96.4 cm³/mol. The molecule has 6 nitrogen and oxygen atoms in total. The largest absolute Gasteiger partial charge is 0.336 e. The van der Waals surface area contributed by atoms with Crippen molar-refractivity contribution in [3.8, 4) is 0 Å². The second-order valence-corrected chi connectivity index (χ2v) is 7.25. The van der Waals surface area contributed by atoms with Crippen LogP contribution in [0.25, 0.3) is 10.2 Å². The van der Waals surface area contributed by atoms with Gasteiger partial charge in [0, 0.05) is 19.3 Å². The summed E-state index contributed by atoms with van der Waals surface area (Å²) in [5.74, 6) is 0.164. The molecule has 0 saturated carbocycles. The van der Waals surface area contributed by atoms with E-state index in [0.717, 1.165) is 15.2 Å². The fourth-order valence-electron chi connectivity index (χ4n) is 2.11. The van der Waals surface area contributed by atoms with Crippen molar-refractivity contribution in [2.24, 2.45) is 0 Å². The van der Waals surface area contributed by atoms with Crippen LogP contribution in [0.3, 0.4) is 0 Å². The van der Waals surface area contributed by atoms with Crippen LogP contribution in [0.4, 0.5) is 0 Å². The molecule has 1 N–H and O–H groups in total. The highest BCUT2D eigenvalue weighted by atomic mass is 32.2. The minimum Gasteiger partial charge on any atom is -0.336 e. The molecule has 2 heterocycles. The molecular weight excluding hydrogens is 344 g/mol. The number of amides is 1. The van der Waals surface area contributed by atoms with Gasteiger partial charge in [0.05, 0.1) is 22.0 Å². The van der Waals surface area contributed by atoms with E-state index in [4.69, 9.17) is 0 Å². The van der Waals surface area contributed by atoms with Gasteiger partial charge >= 0.3 is 0 Å². The van der Waals surface area contributed by atoms with Gasteiger partial charge in [-0.25, -0.2) is 9.97 Å². The van der Waals surface area contributed by atoms with Crippen LogP contribution in [0.2, 0.25) is 0 Å². The summed E-state index contributed by atoms with van der Waals surface area (Å²) in [7, 11) is 1.76. The molecule has 124 valence electrons. The SMILES string of the molecule is C[C@H](c1nc2ccccc2s1)N(C)C(=O)CSc1nccc(=O)[nH]1. The first-order valence-corrected chi connectivity index (χ1v) is 9.14. The normalized spacial score (nSPS) is 12.2. The zero-order valence-electron chi connectivity index (χ0n) is 13.2. The fourth-order valence-corrected chi connectivity index (χ4v) is 3.94. The average molecular weight is 360 g/mol. The molecule has 0 unspecified atom stereocenters. The molecule has 2 aromatic heterocycles. The van der Waals surface area contributed by atoms with Crippen LogP contribution in [0.1, 0.15) is 18.0 Å². The number of benzene rings is 1. The van der Waals surface area contributed by atoms with Gasteiger partial charge in [0.15, 0.2) is 5.16 Å². The van der Waals surface area contributed by atoms with E-state index in [-0.39, 0.29) is 23.3 Å². The summed E-state index contributed by atoms with van der Waals surface area (Å²) in [6, 6.07) is 9.16. The smallest absolute Gasteiger partial charge is 0.251 e. The zero-order valence-corrected chi connectivity index (χ0v) is 14.9. The van der Waals surface area contributed by atoms with E-state index in [2.05, 4.69) is 15.0 Å². The Labute approximate surface area is 147 Å². The molecule has 1 aromatic carbocycles. The minimum absolute atomic E-state index is 0.0433. The number of para-hydroxylation sites is 1. The molecule has 8 heteroatoms. The number of carbonyl (C=O) groups excluding carboxylic acids is 1. The van der Waals surface area contributed by atoms with Crippen molar-refractivity contribution in [3.63, 3.8) is 0 Å². The summed E-state index contributed by atoms with van der Waals surface area (Å²) in [4.78, 5) is 36.5. The lowest BCUT2D eigenvalue weighted by molar-refractivity contribution is -0.128. The maximum atomic E-state index is 12.4. The monoisotopic (exact) mass is 360 g/mol. The van der Waals surface area contributed by atoms with Gasteiger partial charge in [0.1, 0.15) is 5.01 Å². The number of carbonyl (C=O) groups is 1. The van der Waals surface area contributed by atoms with Gasteiger partial charge in [0.2, 0.25) is 5.91 Å². The number of aromatic nitrogens is 3. The van der Waals surface area contributed by atoms with Gasteiger partial charge in [-0.2, -0.15) is 0 Å². The van der Waals surface area contributed by atoms with Gasteiger partial charge in [-0.05, 0) is 19.1 Å². The Kier molecular flexibility index (Phi) is 4.96. The Hall–Kier alpha value is -2.19. The average Bonchev–Trinajstić information content (AvgIpc) is 3.02. The summed E-state index contributed by atoms with van der Waals surface area (Å²) in [6.45, 7) is 1.96. The van der Waals surface area contributed by atoms with E-state index in [1.165, 1.54) is 24.0 Å². The summed E-state index contributed by atoms with van der Waals surface area (Å²) in [6.07, 6.45) is 1.43. The summed E-state index contributed by atoms with van der Waals surface area (Å²) in [5.41, 5.74) is 0.724. The van der Waals surface area contributed by atoms with Crippen LogP contribution < -0.4 is 5.56 Å². The number of thiazole rings is 1. The van der Waals surface area contributed by atoms with Crippen molar-refractivity contribution in [3.05, 3.63) is 51.9 Å². The molecule has 0 spiro atoms.